The molecule has 0 radical (unpaired) electrons. The van der Waals surface area contributed by atoms with Crippen LogP contribution in [-0.2, 0) is 4.74 Å². The summed E-state index contributed by atoms with van der Waals surface area (Å²) in [5.41, 5.74) is 5.52. The first-order valence-electron chi connectivity index (χ1n) is 8.39. The molecule has 1 aromatic heterocycles. The summed E-state index contributed by atoms with van der Waals surface area (Å²) in [6, 6.07) is 16.6. The van der Waals surface area contributed by atoms with Crippen molar-refractivity contribution in [2.75, 3.05) is 11.9 Å². The number of rotatable bonds is 6. The first-order chi connectivity index (χ1) is 12.8. The quantitative estimate of drug-likeness (QED) is 0.428. The summed E-state index contributed by atoms with van der Waals surface area (Å²) in [5, 5.41) is 11.2. The Morgan fingerprint density at radius 3 is 2.63 bits per heavy atom. The first kappa shape index (κ1) is 18.7. The van der Waals surface area contributed by atoms with Gasteiger partial charge in [0.15, 0.2) is 0 Å². The summed E-state index contributed by atoms with van der Waals surface area (Å²) in [4.78, 5) is 12.7. The monoisotopic (exact) mass is 383 g/mol. The zero-order valence-electron chi connectivity index (χ0n) is 15.1. The maximum Gasteiger partial charge on any atom is 0.411 e. The number of nitrogens with two attached hydrogens (primary N) is 1. The van der Waals surface area contributed by atoms with E-state index in [2.05, 4.69) is 5.32 Å². The van der Waals surface area contributed by atoms with Crippen LogP contribution >= 0.6 is 11.3 Å². The lowest BCUT2D eigenvalue weighted by Gasteiger charge is -2.26. The van der Waals surface area contributed by atoms with Crippen LogP contribution in [0.15, 0.2) is 54.6 Å². The Hall–Kier alpha value is -3.06. The molecule has 0 atom stereocenters. The van der Waals surface area contributed by atoms with Crippen molar-refractivity contribution in [1.82, 2.24) is 0 Å². The third-order valence-corrected chi connectivity index (χ3v) is 4.88. The highest BCUT2D eigenvalue weighted by molar-refractivity contribution is 7.20. The maximum atomic E-state index is 12.0. The fraction of sp³-hybridized carbons (Fsp3) is 0.200. The highest BCUT2D eigenvalue weighted by Gasteiger charge is 2.24. The van der Waals surface area contributed by atoms with E-state index in [9.17, 15) is 4.79 Å². The molecule has 140 valence electrons. The molecule has 1 amide bonds. The molecule has 0 saturated heterocycles. The minimum atomic E-state index is -0.735. The SMILES string of the molecule is CC(C)(COC(=O)Nc1ccccc1)Oc1cccc2sc(C(=N)N)cc12. The molecule has 0 saturated carbocycles. The lowest BCUT2D eigenvalue weighted by atomic mass is 10.1. The second-order valence-corrected chi connectivity index (χ2v) is 7.70. The van der Waals surface area contributed by atoms with E-state index in [0.29, 0.717) is 16.3 Å². The van der Waals surface area contributed by atoms with Crippen molar-refractivity contribution in [3.63, 3.8) is 0 Å². The Kier molecular flexibility index (Phi) is 5.32. The predicted molar refractivity (Wildman–Crippen MR) is 109 cm³/mol. The third-order valence-electron chi connectivity index (χ3n) is 3.74. The summed E-state index contributed by atoms with van der Waals surface area (Å²) in [6.07, 6.45) is -0.537. The summed E-state index contributed by atoms with van der Waals surface area (Å²) >= 11 is 1.44. The van der Waals surface area contributed by atoms with Crippen LogP contribution in [0.25, 0.3) is 10.1 Å². The molecule has 3 aromatic rings. The first-order valence-corrected chi connectivity index (χ1v) is 9.20. The molecule has 0 fully saturated rings. The average molecular weight is 383 g/mol. The number of amidine groups is 1. The van der Waals surface area contributed by atoms with Gasteiger partial charge in [0.1, 0.15) is 23.8 Å². The number of nitrogen functional groups attached to an aromatic ring is 1. The number of carbonyl (C=O) groups excluding carboxylic acids is 1. The van der Waals surface area contributed by atoms with Gasteiger partial charge in [0.25, 0.3) is 0 Å². The molecule has 7 heteroatoms. The lowest BCUT2D eigenvalue weighted by Crippen LogP contribution is -2.36. The minimum absolute atomic E-state index is 0.0299. The van der Waals surface area contributed by atoms with E-state index in [4.69, 9.17) is 20.6 Å². The van der Waals surface area contributed by atoms with Crippen molar-refractivity contribution >= 4 is 39.0 Å². The molecule has 0 aliphatic rings. The van der Waals surface area contributed by atoms with E-state index in [0.717, 1.165) is 10.1 Å². The number of hydrogen-bond donors (Lipinski definition) is 3. The normalized spacial score (nSPS) is 11.2. The summed E-state index contributed by atoms with van der Waals surface area (Å²) in [5.74, 6) is 0.690. The van der Waals surface area contributed by atoms with Crippen LogP contribution in [0.4, 0.5) is 10.5 Å². The van der Waals surface area contributed by atoms with Crippen molar-refractivity contribution in [3.05, 3.63) is 59.5 Å². The number of thiophene rings is 1. The summed E-state index contributed by atoms with van der Waals surface area (Å²) in [7, 11) is 0. The van der Waals surface area contributed by atoms with E-state index in [1.165, 1.54) is 11.3 Å². The van der Waals surface area contributed by atoms with Gasteiger partial charge in [-0.25, -0.2) is 4.79 Å². The van der Waals surface area contributed by atoms with Crippen molar-refractivity contribution in [2.45, 2.75) is 19.4 Å². The highest BCUT2D eigenvalue weighted by Crippen LogP contribution is 2.34. The molecular weight excluding hydrogens is 362 g/mol. The molecule has 2 aromatic carbocycles. The Morgan fingerprint density at radius 2 is 1.93 bits per heavy atom. The molecule has 4 N–H and O–H groups in total. The highest BCUT2D eigenvalue weighted by atomic mass is 32.1. The van der Waals surface area contributed by atoms with E-state index in [1.54, 1.807) is 12.1 Å². The molecule has 6 nitrogen and oxygen atoms in total. The molecule has 0 unspecified atom stereocenters. The molecule has 1 heterocycles. The van der Waals surface area contributed by atoms with Crippen LogP contribution < -0.4 is 15.8 Å². The Labute approximate surface area is 161 Å². The van der Waals surface area contributed by atoms with Gasteiger partial charge < -0.3 is 15.2 Å². The van der Waals surface area contributed by atoms with Gasteiger partial charge in [-0.2, -0.15) is 0 Å². The number of nitrogens with one attached hydrogen (secondary N) is 2. The van der Waals surface area contributed by atoms with Gasteiger partial charge in [0.2, 0.25) is 0 Å². The maximum absolute atomic E-state index is 12.0. The molecule has 0 bridgehead atoms. The minimum Gasteiger partial charge on any atom is -0.484 e. The molecule has 3 rings (SSSR count). The summed E-state index contributed by atoms with van der Waals surface area (Å²) < 4.78 is 12.4. The van der Waals surface area contributed by atoms with Crippen LogP contribution in [0.2, 0.25) is 0 Å². The average Bonchev–Trinajstić information content (AvgIpc) is 3.07. The second kappa shape index (κ2) is 7.67. The van der Waals surface area contributed by atoms with Gasteiger partial charge >= 0.3 is 6.09 Å². The van der Waals surface area contributed by atoms with Gasteiger partial charge in [0, 0.05) is 15.8 Å². The van der Waals surface area contributed by atoms with Crippen molar-refractivity contribution < 1.29 is 14.3 Å². The van der Waals surface area contributed by atoms with Gasteiger partial charge in [-0.3, -0.25) is 10.7 Å². The fourth-order valence-corrected chi connectivity index (χ4v) is 3.44. The van der Waals surface area contributed by atoms with Gasteiger partial charge in [0.05, 0.1) is 4.88 Å². The number of anilines is 1. The predicted octanol–water partition coefficient (Wildman–Crippen LogP) is 4.59. The molecule has 0 aliphatic carbocycles. The molecule has 0 aliphatic heterocycles. The molecular formula is C20H21N3O3S. The fourth-order valence-electron chi connectivity index (χ4n) is 2.50. The van der Waals surface area contributed by atoms with Gasteiger partial charge in [-0.05, 0) is 44.2 Å². The largest absolute Gasteiger partial charge is 0.484 e. The van der Waals surface area contributed by atoms with Gasteiger partial charge in [-0.15, -0.1) is 11.3 Å². The number of para-hydroxylation sites is 1. The summed E-state index contributed by atoms with van der Waals surface area (Å²) in [6.45, 7) is 3.77. The van der Waals surface area contributed by atoms with Crippen LogP contribution in [0, 0.1) is 5.41 Å². The van der Waals surface area contributed by atoms with E-state index in [-0.39, 0.29) is 12.4 Å². The Balaban J connectivity index is 1.66. The number of hydrogen-bond acceptors (Lipinski definition) is 5. The van der Waals surface area contributed by atoms with E-state index >= 15 is 0 Å². The lowest BCUT2D eigenvalue weighted by molar-refractivity contribution is 0.0320. The van der Waals surface area contributed by atoms with Crippen molar-refractivity contribution in [2.24, 2.45) is 5.73 Å². The van der Waals surface area contributed by atoms with E-state index in [1.807, 2.05) is 56.3 Å². The Morgan fingerprint density at radius 1 is 1.19 bits per heavy atom. The number of benzene rings is 2. The van der Waals surface area contributed by atoms with Crippen LogP contribution in [0.1, 0.15) is 18.7 Å². The number of carbonyl (C=O) groups is 1. The topological polar surface area (TPSA) is 97.4 Å². The Bertz CT molecular complexity index is 967. The zero-order chi connectivity index (χ0) is 19.4. The molecule has 0 spiro atoms. The van der Waals surface area contributed by atoms with Crippen LogP contribution in [0.3, 0.4) is 0 Å². The number of amides is 1. The van der Waals surface area contributed by atoms with Crippen molar-refractivity contribution in [3.8, 4) is 5.75 Å². The number of fused-ring (bicyclic) bond motifs is 1. The van der Waals surface area contributed by atoms with E-state index < -0.39 is 11.7 Å². The smallest absolute Gasteiger partial charge is 0.411 e. The second-order valence-electron chi connectivity index (χ2n) is 6.62. The zero-order valence-corrected chi connectivity index (χ0v) is 15.9. The molecule has 27 heavy (non-hydrogen) atoms. The van der Waals surface area contributed by atoms with Crippen LogP contribution in [-0.4, -0.2) is 24.1 Å². The van der Waals surface area contributed by atoms with Crippen molar-refractivity contribution in [1.29, 1.82) is 5.41 Å². The van der Waals surface area contributed by atoms with Crippen LogP contribution in [0.5, 0.6) is 5.75 Å². The van der Waals surface area contributed by atoms with Gasteiger partial charge in [-0.1, -0.05) is 24.3 Å². The third kappa shape index (κ3) is 4.77. The number of ether oxygens (including phenoxy) is 2. The standard InChI is InChI=1S/C20H21N3O3S/c1-20(2,12-25-19(24)23-13-7-4-3-5-8-13)26-15-9-6-10-16-14(15)11-17(27-16)18(21)22/h3-11H,12H2,1-2H3,(H3,21,22)(H,23,24).